The summed E-state index contributed by atoms with van der Waals surface area (Å²) in [5.74, 6) is -0.321. The van der Waals surface area contributed by atoms with Crippen molar-refractivity contribution in [2.45, 2.75) is 20.0 Å². The van der Waals surface area contributed by atoms with Crippen molar-refractivity contribution in [3.05, 3.63) is 57.4 Å². The van der Waals surface area contributed by atoms with Gasteiger partial charge in [0.05, 0.1) is 12.7 Å². The predicted octanol–water partition coefficient (Wildman–Crippen LogP) is -1.08. The third kappa shape index (κ3) is 4.10. The second-order valence-corrected chi connectivity index (χ2v) is 4.46. The normalized spacial score (nSPS) is 10.3. The minimum atomic E-state index is -0.321. The summed E-state index contributed by atoms with van der Waals surface area (Å²) < 4.78 is 2.61. The molecule has 0 spiro atoms. The molecule has 0 aromatic carbocycles. The maximum absolute atomic E-state index is 11.7. The van der Waals surface area contributed by atoms with Crippen LogP contribution in [-0.2, 0) is 17.9 Å². The van der Waals surface area contributed by atoms with E-state index in [-0.39, 0.29) is 30.1 Å². The van der Waals surface area contributed by atoms with E-state index in [0.29, 0.717) is 12.2 Å². The fourth-order valence-electron chi connectivity index (χ4n) is 1.71. The molecule has 0 radical (unpaired) electrons. The number of rotatable bonds is 5. The molecule has 110 valence electrons. The average Bonchev–Trinajstić information content (AvgIpc) is 2.44. The van der Waals surface area contributed by atoms with Gasteiger partial charge in [-0.3, -0.25) is 23.5 Å². The first-order valence-electron chi connectivity index (χ1n) is 6.36. The summed E-state index contributed by atoms with van der Waals surface area (Å²) in [5, 5.41) is 2.63. The molecule has 0 aliphatic heterocycles. The molecule has 0 aliphatic carbocycles. The molecule has 0 unspecified atom stereocenters. The molecule has 2 aromatic rings. The number of aromatic nitrogens is 4. The van der Waals surface area contributed by atoms with Crippen molar-refractivity contribution in [1.82, 2.24) is 24.4 Å². The minimum absolute atomic E-state index is 0.103. The second kappa shape index (κ2) is 6.60. The number of hydrogen-bond acceptors (Lipinski definition) is 5. The molecular weight excluding hydrogens is 274 g/mol. The molecule has 0 bridgehead atoms. The zero-order chi connectivity index (χ0) is 15.2. The van der Waals surface area contributed by atoms with Gasteiger partial charge >= 0.3 is 0 Å². The molecule has 2 aromatic heterocycles. The van der Waals surface area contributed by atoms with Crippen LogP contribution >= 0.6 is 0 Å². The molecule has 0 atom stereocenters. The van der Waals surface area contributed by atoms with E-state index < -0.39 is 0 Å². The van der Waals surface area contributed by atoms with Crippen LogP contribution in [0.4, 0.5) is 0 Å². The molecule has 21 heavy (non-hydrogen) atoms. The number of nitrogens with zero attached hydrogens (tertiary/aromatic N) is 4. The van der Waals surface area contributed by atoms with E-state index in [1.807, 2.05) is 0 Å². The van der Waals surface area contributed by atoms with Crippen molar-refractivity contribution in [2.24, 2.45) is 0 Å². The van der Waals surface area contributed by atoms with Crippen LogP contribution in [-0.4, -0.2) is 31.6 Å². The van der Waals surface area contributed by atoms with Gasteiger partial charge in [0.1, 0.15) is 6.54 Å². The molecule has 0 saturated carbocycles. The molecule has 1 amide bonds. The van der Waals surface area contributed by atoms with Crippen molar-refractivity contribution in [3.8, 4) is 0 Å². The molecule has 2 heterocycles. The summed E-state index contributed by atoms with van der Waals surface area (Å²) in [6, 6.07) is 2.71. The maximum Gasteiger partial charge on any atom is 0.253 e. The Balaban J connectivity index is 1.86. The lowest BCUT2D eigenvalue weighted by atomic mass is 10.4. The van der Waals surface area contributed by atoms with E-state index in [4.69, 9.17) is 0 Å². The van der Waals surface area contributed by atoms with Crippen LogP contribution < -0.4 is 16.4 Å². The van der Waals surface area contributed by atoms with Gasteiger partial charge in [0.15, 0.2) is 0 Å². The van der Waals surface area contributed by atoms with Crippen LogP contribution in [0.2, 0.25) is 0 Å². The lowest BCUT2D eigenvalue weighted by Crippen LogP contribution is -2.35. The lowest BCUT2D eigenvalue weighted by Gasteiger charge is -2.08. The van der Waals surface area contributed by atoms with Gasteiger partial charge in [-0.15, -0.1) is 0 Å². The van der Waals surface area contributed by atoms with Gasteiger partial charge in [0.2, 0.25) is 5.91 Å². The predicted molar refractivity (Wildman–Crippen MR) is 74.7 cm³/mol. The second-order valence-electron chi connectivity index (χ2n) is 4.46. The van der Waals surface area contributed by atoms with Crippen LogP contribution in [0.3, 0.4) is 0 Å². The summed E-state index contributed by atoms with van der Waals surface area (Å²) in [4.78, 5) is 42.5. The van der Waals surface area contributed by atoms with E-state index in [9.17, 15) is 14.4 Å². The van der Waals surface area contributed by atoms with Gasteiger partial charge in [-0.2, -0.15) is 0 Å². The van der Waals surface area contributed by atoms with E-state index in [2.05, 4.69) is 15.3 Å². The molecule has 1 N–H and O–H groups in total. The zero-order valence-corrected chi connectivity index (χ0v) is 11.5. The summed E-state index contributed by atoms with van der Waals surface area (Å²) >= 11 is 0. The summed E-state index contributed by atoms with van der Waals surface area (Å²) in [6.45, 7) is 2.23. The fraction of sp³-hybridized carbons (Fsp3) is 0.308. The summed E-state index contributed by atoms with van der Waals surface area (Å²) in [5.41, 5.74) is 0.190. The monoisotopic (exact) mass is 289 g/mol. The van der Waals surface area contributed by atoms with Gasteiger partial charge in [-0.25, -0.2) is 9.97 Å². The van der Waals surface area contributed by atoms with Gasteiger partial charge in [0, 0.05) is 37.1 Å². The first-order chi connectivity index (χ1) is 10.1. The Morgan fingerprint density at radius 3 is 2.76 bits per heavy atom. The van der Waals surface area contributed by atoms with Crippen LogP contribution in [0.5, 0.6) is 0 Å². The first kappa shape index (κ1) is 14.6. The molecule has 8 nitrogen and oxygen atoms in total. The zero-order valence-electron chi connectivity index (χ0n) is 11.5. The Kier molecular flexibility index (Phi) is 4.60. The van der Waals surface area contributed by atoms with Crippen LogP contribution in [0.1, 0.15) is 5.69 Å². The van der Waals surface area contributed by atoms with Gasteiger partial charge in [0.25, 0.3) is 11.1 Å². The number of nitrogens with one attached hydrogen (secondary N) is 1. The van der Waals surface area contributed by atoms with Gasteiger partial charge in [-0.05, 0) is 6.92 Å². The van der Waals surface area contributed by atoms with Crippen molar-refractivity contribution >= 4 is 5.91 Å². The highest BCUT2D eigenvalue weighted by molar-refractivity contribution is 5.75. The van der Waals surface area contributed by atoms with Gasteiger partial charge < -0.3 is 5.32 Å². The fourth-order valence-corrected chi connectivity index (χ4v) is 1.71. The molecule has 8 heteroatoms. The van der Waals surface area contributed by atoms with E-state index >= 15 is 0 Å². The van der Waals surface area contributed by atoms with Crippen molar-refractivity contribution in [2.75, 3.05) is 6.54 Å². The van der Waals surface area contributed by atoms with E-state index in [0.717, 1.165) is 0 Å². The maximum atomic E-state index is 11.7. The molecular formula is C13H15N5O3. The Hall–Kier alpha value is -2.77. The number of amides is 1. The Morgan fingerprint density at radius 2 is 2.05 bits per heavy atom. The van der Waals surface area contributed by atoms with Crippen molar-refractivity contribution in [1.29, 1.82) is 0 Å². The number of aryl methyl sites for hydroxylation is 1. The largest absolute Gasteiger partial charge is 0.353 e. The van der Waals surface area contributed by atoms with Crippen LogP contribution in [0.15, 0.2) is 40.6 Å². The third-order valence-electron chi connectivity index (χ3n) is 2.80. The molecule has 0 fully saturated rings. The van der Waals surface area contributed by atoms with E-state index in [1.54, 1.807) is 6.92 Å². The highest BCUT2D eigenvalue weighted by Gasteiger charge is 2.04. The highest BCUT2D eigenvalue weighted by atomic mass is 16.2. The Bertz CT molecular complexity index is 750. The van der Waals surface area contributed by atoms with Crippen molar-refractivity contribution in [3.63, 3.8) is 0 Å². The summed E-state index contributed by atoms with van der Waals surface area (Å²) in [7, 11) is 0. The van der Waals surface area contributed by atoms with Gasteiger partial charge in [-0.1, -0.05) is 0 Å². The quantitative estimate of drug-likeness (QED) is 0.755. The van der Waals surface area contributed by atoms with Crippen LogP contribution in [0.25, 0.3) is 0 Å². The lowest BCUT2D eigenvalue weighted by molar-refractivity contribution is -0.121. The number of carbonyl (C=O) groups is 1. The third-order valence-corrected chi connectivity index (χ3v) is 2.80. The van der Waals surface area contributed by atoms with Crippen LogP contribution in [0, 0.1) is 6.92 Å². The standard InChI is InChI=1S/C13H15N5O3/c1-10-6-13(21)17(9-16-10)5-4-15-11(19)7-18-8-14-3-2-12(18)20/h2-3,6,8-9H,4-5,7H2,1H3,(H,15,19). The minimum Gasteiger partial charge on any atom is -0.353 e. The highest BCUT2D eigenvalue weighted by Crippen LogP contribution is 1.85. The smallest absolute Gasteiger partial charge is 0.253 e. The average molecular weight is 289 g/mol. The van der Waals surface area contributed by atoms with E-state index in [1.165, 1.54) is 40.1 Å². The summed E-state index contributed by atoms with van der Waals surface area (Å²) in [6.07, 6.45) is 4.11. The van der Waals surface area contributed by atoms with Crippen molar-refractivity contribution < 1.29 is 4.79 Å². The molecule has 0 saturated heterocycles. The number of hydrogen-bond donors (Lipinski definition) is 1. The SMILES string of the molecule is Cc1cc(=O)n(CCNC(=O)Cn2cnccc2=O)cn1. The topological polar surface area (TPSA) is 98.9 Å². The molecule has 0 aliphatic rings. The Morgan fingerprint density at radius 1 is 1.24 bits per heavy atom. The first-order valence-corrected chi connectivity index (χ1v) is 6.36. The Labute approximate surface area is 120 Å². The number of carbonyl (C=O) groups excluding carboxylic acids is 1. The molecule has 2 rings (SSSR count).